The van der Waals surface area contributed by atoms with Crippen molar-refractivity contribution in [1.82, 2.24) is 4.90 Å². The molecule has 0 aromatic carbocycles. The van der Waals surface area contributed by atoms with Crippen LogP contribution in [0.1, 0.15) is 38.5 Å². The summed E-state index contributed by atoms with van der Waals surface area (Å²) in [4.78, 5) is 24.9. The molecule has 102 valence electrons. The van der Waals surface area contributed by atoms with Gasteiger partial charge in [0.2, 0.25) is 5.91 Å². The fourth-order valence-corrected chi connectivity index (χ4v) is 3.09. The molecule has 0 spiro atoms. The smallest absolute Gasteiger partial charge is 0.223 e. The van der Waals surface area contributed by atoms with Gasteiger partial charge < -0.3 is 19.5 Å². The highest BCUT2D eigenvalue weighted by atomic mass is 16.5. The lowest BCUT2D eigenvalue weighted by Gasteiger charge is -2.33. The molecule has 2 aliphatic rings. The fraction of sp³-hybridized carbons (Fsp3) is 0.846. The first-order valence-electron chi connectivity index (χ1n) is 6.67. The molecule has 1 saturated carbocycles. The van der Waals surface area contributed by atoms with E-state index < -0.39 is 5.97 Å². The maximum Gasteiger partial charge on any atom is 0.223 e. The predicted octanol–water partition coefficient (Wildman–Crippen LogP) is -0.0643. The second kappa shape index (κ2) is 5.69. The quantitative estimate of drug-likeness (QED) is 0.704. The number of amides is 1. The topological polar surface area (TPSA) is 69.7 Å². The van der Waals surface area contributed by atoms with Gasteiger partial charge in [0.05, 0.1) is 13.2 Å². The van der Waals surface area contributed by atoms with E-state index in [-0.39, 0.29) is 17.7 Å². The lowest BCUT2D eigenvalue weighted by atomic mass is 9.79. The second-order valence-corrected chi connectivity index (χ2v) is 5.43. The Hall–Kier alpha value is -1.10. The molecular formula is C13H20NO4-. The molecule has 1 aliphatic heterocycles. The molecule has 2 fully saturated rings. The normalized spacial score (nSPS) is 23.0. The van der Waals surface area contributed by atoms with Gasteiger partial charge in [-0.15, -0.1) is 0 Å². The Morgan fingerprint density at radius 2 is 1.72 bits per heavy atom. The third-order valence-corrected chi connectivity index (χ3v) is 4.07. The first-order chi connectivity index (χ1) is 8.61. The number of rotatable bonds is 4. The molecule has 1 aliphatic carbocycles. The Kier molecular flexibility index (Phi) is 4.22. The van der Waals surface area contributed by atoms with Crippen molar-refractivity contribution in [3.8, 4) is 0 Å². The molecule has 1 amide bonds. The third-order valence-electron chi connectivity index (χ3n) is 4.07. The molecule has 0 radical (unpaired) electrons. The van der Waals surface area contributed by atoms with Crippen LogP contribution < -0.4 is 5.11 Å². The highest BCUT2D eigenvalue weighted by Crippen LogP contribution is 2.44. The van der Waals surface area contributed by atoms with E-state index in [1.54, 1.807) is 4.90 Å². The van der Waals surface area contributed by atoms with Gasteiger partial charge in [0, 0.05) is 25.5 Å². The third kappa shape index (κ3) is 3.22. The summed E-state index contributed by atoms with van der Waals surface area (Å²) in [5.74, 6) is -0.965. The molecule has 0 aromatic rings. The van der Waals surface area contributed by atoms with Crippen molar-refractivity contribution >= 4 is 11.9 Å². The number of aliphatic carboxylic acids is 1. The average molecular weight is 254 g/mol. The monoisotopic (exact) mass is 254 g/mol. The minimum Gasteiger partial charge on any atom is -0.550 e. The highest BCUT2D eigenvalue weighted by molar-refractivity contribution is 5.78. The summed E-state index contributed by atoms with van der Waals surface area (Å²) in [6, 6.07) is 0. The van der Waals surface area contributed by atoms with Crippen molar-refractivity contribution in [3.05, 3.63) is 0 Å². The summed E-state index contributed by atoms with van der Waals surface area (Å²) in [5, 5.41) is 10.9. The van der Waals surface area contributed by atoms with Crippen molar-refractivity contribution in [2.75, 3.05) is 26.3 Å². The minimum absolute atomic E-state index is 0.0169. The number of carbonyl (C=O) groups is 2. The molecule has 1 saturated heterocycles. The van der Waals surface area contributed by atoms with Gasteiger partial charge in [-0.25, -0.2) is 0 Å². The molecular weight excluding hydrogens is 234 g/mol. The Balaban J connectivity index is 1.95. The summed E-state index contributed by atoms with van der Waals surface area (Å²) in [6.07, 6.45) is 4.06. The lowest BCUT2D eigenvalue weighted by molar-refractivity contribution is -0.308. The first-order valence-corrected chi connectivity index (χ1v) is 6.67. The number of ether oxygens (including phenoxy) is 1. The van der Waals surface area contributed by atoms with Gasteiger partial charge in [-0.1, -0.05) is 12.8 Å². The number of hydrogen-bond donors (Lipinski definition) is 0. The molecule has 0 unspecified atom stereocenters. The Morgan fingerprint density at radius 3 is 2.28 bits per heavy atom. The van der Waals surface area contributed by atoms with Crippen molar-refractivity contribution in [2.24, 2.45) is 5.41 Å². The van der Waals surface area contributed by atoms with Gasteiger partial charge in [0.15, 0.2) is 0 Å². The van der Waals surface area contributed by atoms with Crippen LogP contribution in [-0.4, -0.2) is 43.1 Å². The van der Waals surface area contributed by atoms with Crippen molar-refractivity contribution in [2.45, 2.75) is 38.5 Å². The summed E-state index contributed by atoms with van der Waals surface area (Å²) in [5.41, 5.74) is -0.353. The van der Waals surface area contributed by atoms with Crippen LogP contribution in [0.25, 0.3) is 0 Å². The van der Waals surface area contributed by atoms with Crippen LogP contribution in [0.4, 0.5) is 0 Å². The summed E-state index contributed by atoms with van der Waals surface area (Å²) >= 11 is 0. The SMILES string of the molecule is O=C([O-])CC1(CC(=O)N2CCOCC2)CCCC1. The number of carboxylic acid groups (broad SMARTS) is 1. The molecule has 2 rings (SSSR count). The average Bonchev–Trinajstić information content (AvgIpc) is 2.77. The molecule has 18 heavy (non-hydrogen) atoms. The molecule has 5 heteroatoms. The molecule has 5 nitrogen and oxygen atoms in total. The Labute approximate surface area is 107 Å². The van der Waals surface area contributed by atoms with E-state index in [0.29, 0.717) is 32.7 Å². The van der Waals surface area contributed by atoms with Gasteiger partial charge in [-0.2, -0.15) is 0 Å². The van der Waals surface area contributed by atoms with Gasteiger partial charge >= 0.3 is 0 Å². The van der Waals surface area contributed by atoms with Crippen LogP contribution in [0.5, 0.6) is 0 Å². The zero-order valence-electron chi connectivity index (χ0n) is 10.7. The van der Waals surface area contributed by atoms with Crippen LogP contribution >= 0.6 is 0 Å². The molecule has 0 bridgehead atoms. The fourth-order valence-electron chi connectivity index (χ4n) is 3.09. The molecule has 1 heterocycles. The first kappa shape index (κ1) is 13.3. The van der Waals surface area contributed by atoms with Crippen molar-refractivity contribution in [3.63, 3.8) is 0 Å². The maximum atomic E-state index is 12.2. The summed E-state index contributed by atoms with van der Waals surface area (Å²) < 4.78 is 5.21. The Morgan fingerprint density at radius 1 is 1.11 bits per heavy atom. The van der Waals surface area contributed by atoms with E-state index in [9.17, 15) is 14.7 Å². The number of morpholine rings is 1. The summed E-state index contributed by atoms with van der Waals surface area (Å²) in [7, 11) is 0. The Bertz CT molecular complexity index is 317. The van der Waals surface area contributed by atoms with E-state index in [1.165, 1.54) is 0 Å². The zero-order valence-corrected chi connectivity index (χ0v) is 10.7. The van der Waals surface area contributed by atoms with Crippen LogP contribution in [-0.2, 0) is 14.3 Å². The van der Waals surface area contributed by atoms with E-state index in [2.05, 4.69) is 0 Å². The zero-order chi connectivity index (χ0) is 13.0. The lowest BCUT2D eigenvalue weighted by Crippen LogP contribution is -2.43. The van der Waals surface area contributed by atoms with Gasteiger partial charge in [0.1, 0.15) is 0 Å². The molecule has 0 atom stereocenters. The summed E-state index contributed by atoms with van der Waals surface area (Å²) in [6.45, 7) is 2.42. The molecule has 0 N–H and O–H groups in total. The van der Waals surface area contributed by atoms with Crippen LogP contribution in [0.15, 0.2) is 0 Å². The van der Waals surface area contributed by atoms with Crippen LogP contribution in [0.2, 0.25) is 0 Å². The van der Waals surface area contributed by atoms with Crippen LogP contribution in [0.3, 0.4) is 0 Å². The largest absolute Gasteiger partial charge is 0.550 e. The van der Waals surface area contributed by atoms with E-state index in [4.69, 9.17) is 4.74 Å². The standard InChI is InChI=1S/C13H21NO4/c15-11(14-5-7-18-8-6-14)9-13(10-12(16)17)3-1-2-4-13/h1-10H2,(H,16,17)/p-1. The number of carbonyl (C=O) groups excluding carboxylic acids is 2. The van der Waals surface area contributed by atoms with Crippen LogP contribution in [0, 0.1) is 5.41 Å². The minimum atomic E-state index is -1.04. The van der Waals surface area contributed by atoms with E-state index >= 15 is 0 Å². The van der Waals surface area contributed by atoms with E-state index in [1.807, 2.05) is 0 Å². The molecule has 0 aromatic heterocycles. The van der Waals surface area contributed by atoms with Gasteiger partial charge in [0.25, 0.3) is 0 Å². The maximum absolute atomic E-state index is 12.2. The van der Waals surface area contributed by atoms with E-state index in [0.717, 1.165) is 25.7 Å². The predicted molar refractivity (Wildman–Crippen MR) is 62.5 cm³/mol. The number of nitrogens with zero attached hydrogens (tertiary/aromatic N) is 1. The van der Waals surface area contributed by atoms with Gasteiger partial charge in [-0.3, -0.25) is 4.79 Å². The van der Waals surface area contributed by atoms with Crippen molar-refractivity contribution < 1.29 is 19.4 Å². The van der Waals surface area contributed by atoms with Crippen molar-refractivity contribution in [1.29, 1.82) is 0 Å². The number of carboxylic acids is 1. The van der Waals surface area contributed by atoms with Gasteiger partial charge in [-0.05, 0) is 24.7 Å². The second-order valence-electron chi connectivity index (χ2n) is 5.43. The highest BCUT2D eigenvalue weighted by Gasteiger charge is 2.37. The number of hydrogen-bond acceptors (Lipinski definition) is 4.